The average Bonchev–Trinajstić information content (AvgIpc) is 0.796. The Morgan fingerprint density at radius 2 is 0.583 bits per heavy atom. The van der Waals surface area contributed by atoms with E-state index < -0.39 is 29.6 Å². The molecule has 0 aliphatic carbocycles. The van der Waals surface area contributed by atoms with Gasteiger partial charge in [0.15, 0.2) is 69.9 Å². The van der Waals surface area contributed by atoms with Crippen LogP contribution in [0.15, 0.2) is 261 Å². The van der Waals surface area contributed by atoms with Gasteiger partial charge in [0.1, 0.15) is 46.0 Å². The highest BCUT2D eigenvalue weighted by molar-refractivity contribution is 6.34. The van der Waals surface area contributed by atoms with Crippen LogP contribution in [0.2, 0.25) is 5.02 Å². The summed E-state index contributed by atoms with van der Waals surface area (Å²) in [6.45, 7) is 11.7. The van der Waals surface area contributed by atoms with Crippen LogP contribution in [0, 0.1) is 27.7 Å². The Labute approximate surface area is 729 Å². The molecule has 12 aromatic carbocycles. The Balaban J connectivity index is 0.000000145. The minimum absolute atomic E-state index is 0.00535. The van der Waals surface area contributed by atoms with E-state index in [0.717, 1.165) is 34.4 Å². The number of hydrogen-bond donors (Lipinski definition) is 9. The van der Waals surface area contributed by atoms with E-state index in [1.54, 1.807) is 213 Å². The maximum Gasteiger partial charge on any atom is 0.416 e. The topological polar surface area (TPSA) is 412 Å². The molecule has 0 aliphatic rings. The quantitative estimate of drug-likeness (QED) is 0.0360. The third kappa shape index (κ3) is 21.4. The monoisotopic (exact) mass is 1720 g/mol. The van der Waals surface area contributed by atoms with Crippen LogP contribution in [-0.2, 0) is 15.7 Å². The molecule has 636 valence electrons. The number of benzene rings is 12. The number of hydrogen-bond acceptors (Lipinski definition) is 25. The number of para-hydroxylation sites is 4. The summed E-state index contributed by atoms with van der Waals surface area (Å²) in [5, 5.41) is 83.2. The molecule has 0 saturated carbocycles. The number of amides is 1. The van der Waals surface area contributed by atoms with Crippen LogP contribution >= 0.6 is 11.6 Å². The van der Waals surface area contributed by atoms with Crippen LogP contribution in [0.5, 0.6) is 46.0 Å². The molecule has 0 unspecified atom stereocenters. The van der Waals surface area contributed by atoms with Gasteiger partial charge < -0.3 is 56.1 Å². The fraction of sp³-hybridized carbons (Fsp3) is 0.103. The van der Waals surface area contributed by atoms with Gasteiger partial charge in [0.05, 0.1) is 79.4 Å². The van der Waals surface area contributed by atoms with Crippen molar-refractivity contribution < 1.29 is 77.9 Å². The normalized spacial score (nSPS) is 10.9. The molecule has 30 heteroatoms. The molecular formula is C97H77ClF3N13O13. The number of phenolic OH excluding ortho intramolecular Hbond substituents is 8. The lowest BCUT2D eigenvalue weighted by atomic mass is 10.1. The highest BCUT2D eigenvalue weighted by Gasteiger charge is 2.31. The number of alkyl halides is 3. The molecule has 0 fully saturated rings. The summed E-state index contributed by atoms with van der Waals surface area (Å²) in [7, 11) is 0. The lowest BCUT2D eigenvalue weighted by molar-refractivity contribution is -0.137. The van der Waals surface area contributed by atoms with E-state index in [9.17, 15) is 68.4 Å². The largest absolute Gasteiger partial charge is 0.507 e. The predicted molar refractivity (Wildman–Crippen MR) is 472 cm³/mol. The molecule has 26 nitrogen and oxygen atoms in total. The van der Waals surface area contributed by atoms with E-state index >= 15 is 0 Å². The summed E-state index contributed by atoms with van der Waals surface area (Å²) in [6, 6.07) is 69.6. The third-order valence-corrected chi connectivity index (χ3v) is 19.4. The summed E-state index contributed by atoms with van der Waals surface area (Å²) in [5.41, 5.74) is 14.4. The van der Waals surface area contributed by atoms with Crippen LogP contribution in [-0.4, -0.2) is 132 Å². The van der Waals surface area contributed by atoms with Gasteiger partial charge in [-0.1, -0.05) is 134 Å². The van der Waals surface area contributed by atoms with Crippen molar-refractivity contribution in [2.75, 3.05) is 13.2 Å². The van der Waals surface area contributed by atoms with Gasteiger partial charge >= 0.3 is 18.1 Å². The minimum atomic E-state index is -4.46. The molecule has 0 atom stereocenters. The summed E-state index contributed by atoms with van der Waals surface area (Å²) < 4.78 is 49.0. The smallest absolute Gasteiger partial charge is 0.416 e. The Kier molecular flexibility index (Phi) is 27.3. The lowest BCUT2D eigenvalue weighted by Crippen LogP contribution is -2.10. The van der Waals surface area contributed by atoms with Gasteiger partial charge in [-0.25, -0.2) is 69.4 Å². The van der Waals surface area contributed by atoms with Crippen molar-refractivity contribution in [3.05, 3.63) is 310 Å². The van der Waals surface area contributed by atoms with E-state index in [2.05, 4.69) is 59.8 Å². The number of nitrogens with two attached hydrogens (primary N) is 1. The van der Waals surface area contributed by atoms with Crippen molar-refractivity contribution in [1.82, 2.24) is 59.8 Å². The second-order valence-corrected chi connectivity index (χ2v) is 28.9. The van der Waals surface area contributed by atoms with Crippen LogP contribution in [0.3, 0.4) is 0 Å². The molecule has 127 heavy (non-hydrogen) atoms. The second kappa shape index (κ2) is 39.2. The van der Waals surface area contributed by atoms with Crippen molar-refractivity contribution in [2.45, 2.75) is 54.1 Å². The van der Waals surface area contributed by atoms with Crippen LogP contribution in [0.1, 0.15) is 79.2 Å². The number of rotatable bonds is 18. The Hall–Kier alpha value is -16.4. The molecule has 1 amide bonds. The standard InChI is InChI=1S/C26H22ClN3O4.C25H21N3O4.C23H16F3N3O2.C23H18N4O3/c1-3-12-34-26(33)17-11-9-16(14-20(17)27)23-28-24(18-6-4-5-7-21(18)31)30-25(29-23)19-10-8-15(2)13-22(19)32;1-3-32-25(31)17-11-9-16(10-12-17)22-26-23(18-6-4-5-7-20(18)29)28-24(27-22)19-13-8-15(2)14-21(19)30;1-13-6-11-17(19(31)12-13)22-28-20(14-7-9-15(10-8-14)23(24,25)26)27-21(29-22)16-4-2-3-5-18(16)30;1-13-6-11-17(19(29)12-13)23-26-21(15-9-7-14(8-10-15)20(24)30)25-22(27-23)16-4-2-3-5-18(16)28/h4-11,13-14,31-32H,3,12H2,1-2H3;4-14,29-30H,3H2,1-2H3;2-12,30-31H,1H3;2-12,28-29H,1H3,(H2,24,30). The van der Waals surface area contributed by atoms with Crippen molar-refractivity contribution in [1.29, 1.82) is 0 Å². The molecule has 16 rings (SSSR count). The number of aromatic nitrogens is 12. The summed E-state index contributed by atoms with van der Waals surface area (Å²) in [4.78, 5) is 89.3. The predicted octanol–water partition coefficient (Wildman–Crippen LogP) is 19.9. The molecule has 16 aromatic rings. The number of aryl methyl sites for hydroxylation is 4. The summed E-state index contributed by atoms with van der Waals surface area (Å²) in [6.07, 6.45) is -3.76. The van der Waals surface area contributed by atoms with E-state index in [0.29, 0.717) is 109 Å². The van der Waals surface area contributed by atoms with Crippen LogP contribution in [0.4, 0.5) is 13.2 Å². The molecule has 0 spiro atoms. The maximum absolute atomic E-state index is 12.9. The highest BCUT2D eigenvalue weighted by Crippen LogP contribution is 2.40. The molecule has 0 saturated heterocycles. The number of nitrogens with zero attached hydrogens (tertiary/aromatic N) is 12. The molecular weight excluding hydrogens is 1650 g/mol. The fourth-order valence-electron chi connectivity index (χ4n) is 12.6. The number of carbonyl (C=O) groups is 3. The molecule has 4 heterocycles. The zero-order valence-corrected chi connectivity index (χ0v) is 69.3. The molecule has 0 radical (unpaired) electrons. The number of halogens is 4. The maximum atomic E-state index is 12.9. The average molecular weight is 1730 g/mol. The molecule has 0 aliphatic heterocycles. The number of primary amides is 1. The second-order valence-electron chi connectivity index (χ2n) is 28.5. The molecule has 10 N–H and O–H groups in total. The first-order valence-electron chi connectivity index (χ1n) is 39.2. The number of esters is 2. The van der Waals surface area contributed by atoms with Gasteiger partial charge in [-0.2, -0.15) is 13.2 Å². The SMILES string of the molecule is CCCOC(=O)c1ccc(-c2nc(-c3ccccc3O)nc(-c3ccc(C)cc3O)n2)cc1Cl.CCOC(=O)c1ccc(-c2nc(-c3ccccc3O)nc(-c3ccc(C)cc3O)n2)cc1.Cc1ccc(-c2nc(-c3ccc(C(F)(F)F)cc3)nc(-c3ccccc3O)n2)c(O)c1.Cc1ccc(-c2nc(-c3ccc(C(N)=O)cc3)nc(-c3ccccc3O)n2)c(O)c1. The van der Waals surface area contributed by atoms with E-state index in [1.165, 1.54) is 24.3 Å². The zero-order valence-electron chi connectivity index (χ0n) is 68.5. The van der Waals surface area contributed by atoms with Gasteiger partial charge in [0, 0.05) is 27.8 Å². The Morgan fingerprint density at radius 1 is 0.315 bits per heavy atom. The summed E-state index contributed by atoms with van der Waals surface area (Å²) >= 11 is 6.38. The Morgan fingerprint density at radius 3 is 0.850 bits per heavy atom. The van der Waals surface area contributed by atoms with Gasteiger partial charge in [0.25, 0.3) is 0 Å². The van der Waals surface area contributed by atoms with Gasteiger partial charge in [-0.05, 0) is 209 Å². The number of carbonyl (C=O) groups excluding carboxylic acids is 3. The van der Waals surface area contributed by atoms with E-state index in [4.69, 9.17) is 26.8 Å². The Bertz CT molecular complexity index is 6800. The van der Waals surface area contributed by atoms with Gasteiger partial charge in [-0.15, -0.1) is 0 Å². The molecule has 0 bridgehead atoms. The lowest BCUT2D eigenvalue weighted by Gasteiger charge is -2.11. The minimum Gasteiger partial charge on any atom is -0.507 e. The first-order chi connectivity index (χ1) is 61.0. The van der Waals surface area contributed by atoms with Crippen molar-refractivity contribution in [3.63, 3.8) is 0 Å². The number of aromatic hydroxyl groups is 8. The zero-order chi connectivity index (χ0) is 90.3. The highest BCUT2D eigenvalue weighted by atomic mass is 35.5. The first-order valence-corrected chi connectivity index (χ1v) is 39.6. The fourth-order valence-corrected chi connectivity index (χ4v) is 12.9. The molecule has 4 aromatic heterocycles. The van der Waals surface area contributed by atoms with Crippen molar-refractivity contribution in [3.8, 4) is 183 Å². The first kappa shape index (κ1) is 88.4. The van der Waals surface area contributed by atoms with Gasteiger partial charge in [-0.3, -0.25) is 4.79 Å². The number of phenols is 8. The summed E-state index contributed by atoms with van der Waals surface area (Å²) in [5.74, 6) is 1.39. The van der Waals surface area contributed by atoms with E-state index in [1.807, 2.05) is 52.8 Å². The number of ether oxygens (including phenoxy) is 2. The van der Waals surface area contributed by atoms with Crippen LogP contribution in [0.25, 0.3) is 137 Å². The van der Waals surface area contributed by atoms with Gasteiger partial charge in [0.2, 0.25) is 5.91 Å². The van der Waals surface area contributed by atoms with Crippen LogP contribution < -0.4 is 5.73 Å². The van der Waals surface area contributed by atoms with E-state index in [-0.39, 0.29) is 115 Å². The third-order valence-electron chi connectivity index (χ3n) is 19.1. The van der Waals surface area contributed by atoms with Crippen molar-refractivity contribution in [2.24, 2.45) is 5.73 Å². The van der Waals surface area contributed by atoms with Crippen molar-refractivity contribution >= 4 is 29.4 Å².